The van der Waals surface area contributed by atoms with Gasteiger partial charge in [-0.3, -0.25) is 9.59 Å². The van der Waals surface area contributed by atoms with E-state index in [0.29, 0.717) is 12.1 Å². The van der Waals surface area contributed by atoms with E-state index in [-0.39, 0.29) is 23.9 Å². The number of imidazole rings is 1. The highest BCUT2D eigenvalue weighted by atomic mass is 16.2. The number of hydrogen-bond acceptors (Lipinski definition) is 3. The SMILES string of the molecule is C[C@H]1C(=O)N2CCC[C@@H]2CN1C(=O)c1ccc(-n2ccnc2)cc1. The van der Waals surface area contributed by atoms with Gasteiger partial charge in [-0.05, 0) is 44.0 Å². The second-order valence-electron chi connectivity index (χ2n) is 6.48. The van der Waals surface area contributed by atoms with Crippen molar-refractivity contribution in [1.29, 1.82) is 0 Å². The van der Waals surface area contributed by atoms with E-state index in [0.717, 1.165) is 25.1 Å². The largest absolute Gasteiger partial charge is 0.336 e. The third-order valence-electron chi connectivity index (χ3n) is 5.07. The first-order chi connectivity index (χ1) is 11.6. The molecule has 0 unspecified atom stereocenters. The minimum atomic E-state index is -0.389. The Labute approximate surface area is 140 Å². The summed E-state index contributed by atoms with van der Waals surface area (Å²) in [5, 5.41) is 0. The van der Waals surface area contributed by atoms with Crippen LogP contribution in [0.2, 0.25) is 0 Å². The van der Waals surface area contributed by atoms with Gasteiger partial charge in [0.2, 0.25) is 5.91 Å². The maximum Gasteiger partial charge on any atom is 0.254 e. The monoisotopic (exact) mass is 324 g/mol. The predicted octanol–water partition coefficient (Wildman–Crippen LogP) is 1.71. The highest BCUT2D eigenvalue weighted by Crippen LogP contribution is 2.27. The Morgan fingerprint density at radius 3 is 2.75 bits per heavy atom. The molecule has 2 aliphatic rings. The summed E-state index contributed by atoms with van der Waals surface area (Å²) in [6, 6.07) is 7.22. The van der Waals surface area contributed by atoms with Crippen molar-refractivity contribution in [2.75, 3.05) is 13.1 Å². The first-order valence-electron chi connectivity index (χ1n) is 8.35. The average Bonchev–Trinajstić information content (AvgIpc) is 3.29. The van der Waals surface area contributed by atoms with Gasteiger partial charge in [-0.15, -0.1) is 0 Å². The van der Waals surface area contributed by atoms with Crippen LogP contribution >= 0.6 is 0 Å². The van der Waals surface area contributed by atoms with Crippen LogP contribution in [0.5, 0.6) is 0 Å². The quantitative estimate of drug-likeness (QED) is 0.845. The van der Waals surface area contributed by atoms with Crippen LogP contribution in [-0.4, -0.2) is 56.3 Å². The molecule has 24 heavy (non-hydrogen) atoms. The molecule has 3 heterocycles. The van der Waals surface area contributed by atoms with Gasteiger partial charge in [0.05, 0.1) is 6.33 Å². The number of fused-ring (bicyclic) bond motifs is 1. The Morgan fingerprint density at radius 2 is 2.04 bits per heavy atom. The summed E-state index contributed by atoms with van der Waals surface area (Å²) in [6.07, 6.45) is 7.31. The molecule has 0 N–H and O–H groups in total. The van der Waals surface area contributed by atoms with Crippen molar-refractivity contribution in [1.82, 2.24) is 19.4 Å². The van der Waals surface area contributed by atoms with Crippen LogP contribution in [0.25, 0.3) is 5.69 Å². The second kappa shape index (κ2) is 5.78. The van der Waals surface area contributed by atoms with E-state index < -0.39 is 0 Å². The van der Waals surface area contributed by atoms with Gasteiger partial charge in [-0.2, -0.15) is 0 Å². The van der Waals surface area contributed by atoms with Crippen LogP contribution in [0.4, 0.5) is 0 Å². The Bertz CT molecular complexity index is 754. The fourth-order valence-electron chi connectivity index (χ4n) is 3.69. The van der Waals surface area contributed by atoms with Gasteiger partial charge in [-0.25, -0.2) is 4.98 Å². The summed E-state index contributed by atoms with van der Waals surface area (Å²) >= 11 is 0. The molecular formula is C18H20N4O2. The van der Waals surface area contributed by atoms with E-state index in [4.69, 9.17) is 0 Å². The molecule has 1 aromatic carbocycles. The maximum atomic E-state index is 12.9. The third kappa shape index (κ3) is 2.38. The molecule has 0 aliphatic carbocycles. The number of hydrogen-bond donors (Lipinski definition) is 0. The fourth-order valence-corrected chi connectivity index (χ4v) is 3.69. The number of carbonyl (C=O) groups is 2. The Balaban J connectivity index is 1.55. The van der Waals surface area contributed by atoms with Crippen molar-refractivity contribution in [3.8, 4) is 5.69 Å². The molecule has 124 valence electrons. The van der Waals surface area contributed by atoms with Crippen molar-refractivity contribution in [3.63, 3.8) is 0 Å². The highest BCUT2D eigenvalue weighted by Gasteiger charge is 2.42. The second-order valence-corrected chi connectivity index (χ2v) is 6.48. The summed E-state index contributed by atoms with van der Waals surface area (Å²) in [6.45, 7) is 3.29. The van der Waals surface area contributed by atoms with Crippen LogP contribution in [0, 0.1) is 0 Å². The van der Waals surface area contributed by atoms with Crippen LogP contribution < -0.4 is 0 Å². The van der Waals surface area contributed by atoms with Crippen molar-refractivity contribution < 1.29 is 9.59 Å². The molecular weight excluding hydrogens is 304 g/mol. The number of carbonyl (C=O) groups excluding carboxylic acids is 2. The fraction of sp³-hybridized carbons (Fsp3) is 0.389. The Morgan fingerprint density at radius 1 is 1.25 bits per heavy atom. The molecule has 0 saturated carbocycles. The first kappa shape index (κ1) is 14.9. The molecule has 6 nitrogen and oxygen atoms in total. The molecule has 2 aromatic rings. The van der Waals surface area contributed by atoms with Gasteiger partial charge in [0.1, 0.15) is 6.04 Å². The molecule has 0 spiro atoms. The number of piperazine rings is 1. The molecule has 2 amide bonds. The third-order valence-corrected chi connectivity index (χ3v) is 5.07. The van der Waals surface area contributed by atoms with Gasteiger partial charge in [-0.1, -0.05) is 0 Å². The van der Waals surface area contributed by atoms with Crippen LogP contribution in [0.15, 0.2) is 43.0 Å². The molecule has 6 heteroatoms. The van der Waals surface area contributed by atoms with E-state index >= 15 is 0 Å². The minimum absolute atomic E-state index is 0.0698. The highest BCUT2D eigenvalue weighted by molar-refractivity contribution is 5.98. The molecule has 2 fully saturated rings. The smallest absolute Gasteiger partial charge is 0.254 e. The number of amides is 2. The lowest BCUT2D eigenvalue weighted by Gasteiger charge is -2.41. The number of rotatable bonds is 2. The molecule has 2 atom stereocenters. The number of benzene rings is 1. The topological polar surface area (TPSA) is 58.4 Å². The molecule has 4 rings (SSSR count). The summed E-state index contributed by atoms with van der Waals surface area (Å²) < 4.78 is 1.89. The minimum Gasteiger partial charge on any atom is -0.336 e. The summed E-state index contributed by atoms with van der Waals surface area (Å²) in [4.78, 5) is 33.1. The lowest BCUT2D eigenvalue weighted by Crippen LogP contribution is -2.60. The van der Waals surface area contributed by atoms with E-state index in [2.05, 4.69) is 4.98 Å². The number of nitrogens with zero attached hydrogens (tertiary/aromatic N) is 4. The maximum absolute atomic E-state index is 12.9. The van der Waals surface area contributed by atoms with E-state index in [1.165, 1.54) is 0 Å². The zero-order chi connectivity index (χ0) is 16.7. The van der Waals surface area contributed by atoms with Crippen molar-refractivity contribution in [2.45, 2.75) is 31.8 Å². The van der Waals surface area contributed by atoms with Gasteiger partial charge in [0.25, 0.3) is 5.91 Å². The standard InChI is InChI=1S/C18H20N4O2/c1-13-17(23)21-9-2-3-16(21)11-22(13)18(24)14-4-6-15(7-5-14)20-10-8-19-12-20/h4-8,10,12-13,16H,2-3,9,11H2,1H3/t13-,16+/m0/s1. The molecule has 2 saturated heterocycles. The van der Waals surface area contributed by atoms with Crippen LogP contribution in [-0.2, 0) is 4.79 Å². The van der Waals surface area contributed by atoms with E-state index in [9.17, 15) is 9.59 Å². The van der Waals surface area contributed by atoms with E-state index in [1.807, 2.05) is 46.9 Å². The van der Waals surface area contributed by atoms with Gasteiger partial charge < -0.3 is 14.4 Å². The number of aromatic nitrogens is 2. The Kier molecular flexibility index (Phi) is 3.59. The normalized spacial score (nSPS) is 23.5. The van der Waals surface area contributed by atoms with Gasteiger partial charge in [0, 0.05) is 42.8 Å². The molecule has 0 radical (unpaired) electrons. The summed E-state index contributed by atoms with van der Waals surface area (Å²) in [5.74, 6) is 0.00622. The lowest BCUT2D eigenvalue weighted by molar-refractivity contribution is -0.141. The molecule has 2 aliphatic heterocycles. The van der Waals surface area contributed by atoms with Crippen LogP contribution in [0.3, 0.4) is 0 Å². The average molecular weight is 324 g/mol. The summed E-state index contributed by atoms with van der Waals surface area (Å²) in [7, 11) is 0. The predicted molar refractivity (Wildman–Crippen MR) is 88.8 cm³/mol. The Hall–Kier alpha value is -2.63. The first-order valence-corrected chi connectivity index (χ1v) is 8.35. The van der Waals surface area contributed by atoms with Gasteiger partial charge >= 0.3 is 0 Å². The van der Waals surface area contributed by atoms with Crippen molar-refractivity contribution >= 4 is 11.8 Å². The zero-order valence-corrected chi connectivity index (χ0v) is 13.6. The zero-order valence-electron chi connectivity index (χ0n) is 13.6. The van der Waals surface area contributed by atoms with Crippen LogP contribution in [0.1, 0.15) is 30.1 Å². The van der Waals surface area contributed by atoms with Crippen molar-refractivity contribution in [2.24, 2.45) is 0 Å². The molecule has 1 aromatic heterocycles. The van der Waals surface area contributed by atoms with Gasteiger partial charge in [0.15, 0.2) is 0 Å². The molecule has 0 bridgehead atoms. The van der Waals surface area contributed by atoms with Crippen molar-refractivity contribution in [3.05, 3.63) is 48.5 Å². The van der Waals surface area contributed by atoms with E-state index in [1.54, 1.807) is 17.4 Å². The summed E-state index contributed by atoms with van der Waals surface area (Å²) in [5.41, 5.74) is 1.57. The lowest BCUT2D eigenvalue weighted by atomic mass is 10.1.